The highest BCUT2D eigenvalue weighted by molar-refractivity contribution is 6.14. The first-order valence-corrected chi connectivity index (χ1v) is 11.5. The number of rotatable bonds is 2. The van der Waals surface area contributed by atoms with Gasteiger partial charge in [-0.25, -0.2) is 4.98 Å². The maximum atomic E-state index is 5.01. The quantitative estimate of drug-likeness (QED) is 0.257. The number of allylic oxidation sites excluding steroid dienone is 4. The maximum absolute atomic E-state index is 5.01. The van der Waals surface area contributed by atoms with Crippen LogP contribution in [0.4, 0.5) is 0 Å². The Balaban J connectivity index is 1.48. The van der Waals surface area contributed by atoms with E-state index < -0.39 is 0 Å². The summed E-state index contributed by atoms with van der Waals surface area (Å²) in [6, 6.07) is 32.9. The van der Waals surface area contributed by atoms with Crippen molar-refractivity contribution in [2.45, 2.75) is 12.8 Å². The summed E-state index contributed by atoms with van der Waals surface area (Å²) in [5, 5.41) is 3.68. The highest BCUT2D eigenvalue weighted by Crippen LogP contribution is 2.35. The Labute approximate surface area is 192 Å². The van der Waals surface area contributed by atoms with Gasteiger partial charge in [-0.3, -0.25) is 4.40 Å². The maximum Gasteiger partial charge on any atom is 0.146 e. The number of benzene rings is 4. The SMILES string of the molecule is C1=CCCC(c2ccc(-c3ccc4c5ccccc5c5nc6ccccc6n5c4c3)cc2)=C1. The number of pyridine rings is 1. The number of aromatic nitrogens is 2. The molecule has 0 amide bonds. The van der Waals surface area contributed by atoms with Crippen molar-refractivity contribution in [1.29, 1.82) is 0 Å². The van der Waals surface area contributed by atoms with Crippen LogP contribution in [0, 0.1) is 0 Å². The van der Waals surface area contributed by atoms with E-state index in [1.807, 2.05) is 0 Å². The Kier molecular flexibility index (Phi) is 4.00. The molecular weight excluding hydrogens is 400 g/mol. The van der Waals surface area contributed by atoms with Crippen molar-refractivity contribution in [2.24, 2.45) is 0 Å². The number of imidazole rings is 1. The molecular formula is C31H22N2. The minimum atomic E-state index is 1.02. The molecule has 156 valence electrons. The van der Waals surface area contributed by atoms with Crippen LogP contribution in [0.5, 0.6) is 0 Å². The van der Waals surface area contributed by atoms with E-state index in [1.165, 1.54) is 43.9 Å². The van der Waals surface area contributed by atoms with Gasteiger partial charge < -0.3 is 0 Å². The van der Waals surface area contributed by atoms with E-state index in [0.717, 1.165) is 29.5 Å². The summed E-state index contributed by atoms with van der Waals surface area (Å²) in [5.41, 5.74) is 9.58. The van der Waals surface area contributed by atoms with Crippen LogP contribution in [-0.2, 0) is 0 Å². The molecule has 0 bridgehead atoms. The molecule has 0 unspecified atom stereocenters. The second-order valence-corrected chi connectivity index (χ2v) is 8.77. The van der Waals surface area contributed by atoms with Gasteiger partial charge in [-0.05, 0) is 58.7 Å². The number of hydrogen-bond acceptors (Lipinski definition) is 1. The zero-order chi connectivity index (χ0) is 21.8. The molecule has 0 saturated carbocycles. The number of para-hydroxylation sites is 2. The monoisotopic (exact) mass is 422 g/mol. The molecule has 2 heteroatoms. The molecule has 2 heterocycles. The lowest BCUT2D eigenvalue weighted by Gasteiger charge is -2.12. The van der Waals surface area contributed by atoms with E-state index in [2.05, 4.69) is 114 Å². The van der Waals surface area contributed by atoms with Gasteiger partial charge in [0.25, 0.3) is 0 Å². The fraction of sp³-hybridized carbons (Fsp3) is 0.0645. The largest absolute Gasteiger partial charge is 0.292 e. The summed E-state index contributed by atoms with van der Waals surface area (Å²) >= 11 is 0. The predicted molar refractivity (Wildman–Crippen MR) is 139 cm³/mol. The molecule has 0 aliphatic heterocycles. The highest BCUT2D eigenvalue weighted by Gasteiger charge is 2.14. The molecule has 0 spiro atoms. The Morgan fingerprint density at radius 2 is 1.39 bits per heavy atom. The van der Waals surface area contributed by atoms with Crippen LogP contribution in [0.2, 0.25) is 0 Å². The normalized spacial score (nSPS) is 13.9. The summed E-state index contributed by atoms with van der Waals surface area (Å²) in [6.45, 7) is 0. The summed E-state index contributed by atoms with van der Waals surface area (Å²) < 4.78 is 2.32. The van der Waals surface area contributed by atoms with Gasteiger partial charge in [0.05, 0.1) is 16.6 Å². The number of fused-ring (bicyclic) bond motifs is 8. The number of hydrogen-bond donors (Lipinski definition) is 0. The van der Waals surface area contributed by atoms with Gasteiger partial charge in [0.15, 0.2) is 0 Å². The van der Waals surface area contributed by atoms with Gasteiger partial charge in [-0.1, -0.05) is 91.0 Å². The third kappa shape index (κ3) is 2.84. The second kappa shape index (κ2) is 7.18. The first kappa shape index (κ1) is 18.4. The van der Waals surface area contributed by atoms with E-state index in [-0.39, 0.29) is 0 Å². The average molecular weight is 423 g/mol. The van der Waals surface area contributed by atoms with Crippen LogP contribution in [0.1, 0.15) is 18.4 Å². The first-order chi connectivity index (χ1) is 16.4. The lowest BCUT2D eigenvalue weighted by Crippen LogP contribution is -1.92. The Bertz CT molecular complexity index is 1750. The van der Waals surface area contributed by atoms with Crippen molar-refractivity contribution in [3.05, 3.63) is 115 Å². The van der Waals surface area contributed by atoms with E-state index in [9.17, 15) is 0 Å². The van der Waals surface area contributed by atoms with Crippen molar-refractivity contribution in [3.63, 3.8) is 0 Å². The van der Waals surface area contributed by atoms with Crippen LogP contribution < -0.4 is 0 Å². The van der Waals surface area contributed by atoms with Crippen molar-refractivity contribution in [3.8, 4) is 11.1 Å². The van der Waals surface area contributed by atoms with Crippen LogP contribution in [0.15, 0.2) is 109 Å². The Morgan fingerprint density at radius 3 is 2.24 bits per heavy atom. The van der Waals surface area contributed by atoms with Crippen LogP contribution in [0.3, 0.4) is 0 Å². The van der Waals surface area contributed by atoms with Gasteiger partial charge in [0.2, 0.25) is 0 Å². The molecule has 6 aromatic rings. The van der Waals surface area contributed by atoms with Crippen molar-refractivity contribution >= 4 is 43.9 Å². The summed E-state index contributed by atoms with van der Waals surface area (Å²) in [5.74, 6) is 0. The van der Waals surface area contributed by atoms with Crippen molar-refractivity contribution < 1.29 is 0 Å². The van der Waals surface area contributed by atoms with Gasteiger partial charge in [0.1, 0.15) is 5.65 Å². The van der Waals surface area contributed by atoms with Gasteiger partial charge in [0, 0.05) is 10.8 Å². The topological polar surface area (TPSA) is 17.3 Å². The third-order valence-electron chi connectivity index (χ3n) is 6.86. The Hall–Kier alpha value is -4.17. The zero-order valence-corrected chi connectivity index (χ0v) is 18.2. The van der Waals surface area contributed by atoms with Crippen molar-refractivity contribution in [2.75, 3.05) is 0 Å². The minimum Gasteiger partial charge on any atom is -0.292 e. The smallest absolute Gasteiger partial charge is 0.146 e. The molecule has 0 fully saturated rings. The molecule has 2 nitrogen and oxygen atoms in total. The zero-order valence-electron chi connectivity index (χ0n) is 18.2. The lowest BCUT2D eigenvalue weighted by molar-refractivity contribution is 1.05. The fourth-order valence-electron chi connectivity index (χ4n) is 5.21. The van der Waals surface area contributed by atoms with Crippen LogP contribution in [0.25, 0.3) is 55.1 Å². The van der Waals surface area contributed by atoms with Crippen LogP contribution in [-0.4, -0.2) is 9.38 Å². The lowest BCUT2D eigenvalue weighted by atomic mass is 9.95. The standard InChI is InChI=1S/C31H22N2/c1-2-8-21(9-3-1)22-14-16-23(17-15-22)24-18-19-26-25-10-4-5-11-27(25)31-32-28-12-6-7-13-29(28)33(31)30(26)20-24/h1-2,4-8,10-20H,3,9H2. The molecule has 0 N–H and O–H groups in total. The molecule has 0 radical (unpaired) electrons. The predicted octanol–water partition coefficient (Wildman–Crippen LogP) is 8.19. The molecule has 0 saturated heterocycles. The average Bonchev–Trinajstić information content (AvgIpc) is 3.29. The number of nitrogens with zero attached hydrogens (tertiary/aromatic N) is 2. The van der Waals surface area contributed by atoms with E-state index >= 15 is 0 Å². The van der Waals surface area contributed by atoms with Gasteiger partial charge in [-0.15, -0.1) is 0 Å². The van der Waals surface area contributed by atoms with Crippen molar-refractivity contribution in [1.82, 2.24) is 9.38 Å². The third-order valence-corrected chi connectivity index (χ3v) is 6.86. The van der Waals surface area contributed by atoms with E-state index in [1.54, 1.807) is 0 Å². The fourth-order valence-corrected chi connectivity index (χ4v) is 5.21. The van der Waals surface area contributed by atoms with E-state index in [0.29, 0.717) is 0 Å². The van der Waals surface area contributed by atoms with Gasteiger partial charge >= 0.3 is 0 Å². The molecule has 1 aliphatic rings. The summed E-state index contributed by atoms with van der Waals surface area (Å²) in [6.07, 6.45) is 8.88. The molecule has 0 atom stereocenters. The first-order valence-electron chi connectivity index (χ1n) is 11.5. The summed E-state index contributed by atoms with van der Waals surface area (Å²) in [4.78, 5) is 5.01. The molecule has 7 rings (SSSR count). The summed E-state index contributed by atoms with van der Waals surface area (Å²) in [7, 11) is 0. The molecule has 1 aliphatic carbocycles. The molecule has 2 aromatic heterocycles. The molecule has 4 aromatic carbocycles. The molecule has 33 heavy (non-hydrogen) atoms. The minimum absolute atomic E-state index is 1.02. The van der Waals surface area contributed by atoms with E-state index in [4.69, 9.17) is 4.98 Å². The second-order valence-electron chi connectivity index (χ2n) is 8.77. The Morgan fingerprint density at radius 1 is 0.636 bits per heavy atom. The highest BCUT2D eigenvalue weighted by atomic mass is 15.0. The van der Waals surface area contributed by atoms with Crippen LogP contribution >= 0.6 is 0 Å². The van der Waals surface area contributed by atoms with Gasteiger partial charge in [-0.2, -0.15) is 0 Å².